The Bertz CT molecular complexity index is 345. The van der Waals surface area contributed by atoms with Gasteiger partial charge in [0.1, 0.15) is 0 Å². The second-order valence-electron chi connectivity index (χ2n) is 5.81. The van der Waals surface area contributed by atoms with Crippen LogP contribution in [-0.4, -0.2) is 23.5 Å². The van der Waals surface area contributed by atoms with Crippen LogP contribution in [0.25, 0.3) is 0 Å². The van der Waals surface area contributed by atoms with Crippen LogP contribution in [0.2, 0.25) is 0 Å². The highest BCUT2D eigenvalue weighted by Gasteiger charge is 2.33. The van der Waals surface area contributed by atoms with Crippen molar-refractivity contribution in [2.24, 2.45) is 11.7 Å². The molecule has 1 atom stereocenters. The largest absolute Gasteiger partial charge is 0.330 e. The molecule has 1 aliphatic rings. The molecule has 1 aliphatic heterocycles. The van der Waals surface area contributed by atoms with Gasteiger partial charge in [0.15, 0.2) is 0 Å². The van der Waals surface area contributed by atoms with E-state index in [1.165, 1.54) is 24.9 Å². The lowest BCUT2D eigenvalue weighted by Crippen LogP contribution is -2.50. The van der Waals surface area contributed by atoms with Crippen LogP contribution in [0.1, 0.15) is 32.3 Å². The topological polar surface area (TPSA) is 29.3 Å². The number of benzene rings is 1. The third-order valence-corrected chi connectivity index (χ3v) is 4.00. The molecule has 17 heavy (non-hydrogen) atoms. The molecule has 0 saturated carbocycles. The van der Waals surface area contributed by atoms with E-state index in [0.717, 1.165) is 13.1 Å². The van der Waals surface area contributed by atoms with Crippen molar-refractivity contribution < 1.29 is 0 Å². The molecule has 2 heteroatoms. The Labute approximate surface area is 105 Å². The smallest absolute Gasteiger partial charge is 0.0239 e. The van der Waals surface area contributed by atoms with Gasteiger partial charge in [-0.3, -0.25) is 4.90 Å². The number of nitrogens with zero attached hydrogens (tertiary/aromatic N) is 1. The molecule has 94 valence electrons. The fourth-order valence-corrected chi connectivity index (χ4v) is 2.88. The molecule has 2 N–H and O–H groups in total. The molecule has 0 aromatic heterocycles. The molecule has 0 amide bonds. The van der Waals surface area contributed by atoms with Gasteiger partial charge < -0.3 is 5.73 Å². The second kappa shape index (κ2) is 5.19. The molecule has 1 heterocycles. The van der Waals surface area contributed by atoms with Crippen molar-refractivity contribution in [1.82, 2.24) is 4.90 Å². The van der Waals surface area contributed by atoms with E-state index in [1.54, 1.807) is 0 Å². The first-order valence-electron chi connectivity index (χ1n) is 6.61. The summed E-state index contributed by atoms with van der Waals surface area (Å²) in [7, 11) is 0. The van der Waals surface area contributed by atoms with Gasteiger partial charge in [-0.15, -0.1) is 0 Å². The van der Waals surface area contributed by atoms with Gasteiger partial charge >= 0.3 is 0 Å². The normalized spacial score (nSPS) is 24.8. The fourth-order valence-electron chi connectivity index (χ4n) is 2.88. The van der Waals surface area contributed by atoms with Gasteiger partial charge in [0.25, 0.3) is 0 Å². The summed E-state index contributed by atoms with van der Waals surface area (Å²) < 4.78 is 0. The molecule has 0 bridgehead atoms. The Balaban J connectivity index is 2.02. The Morgan fingerprint density at radius 3 is 2.59 bits per heavy atom. The second-order valence-corrected chi connectivity index (χ2v) is 5.81. The first-order chi connectivity index (χ1) is 8.12. The minimum absolute atomic E-state index is 0.276. The maximum atomic E-state index is 5.80. The van der Waals surface area contributed by atoms with Gasteiger partial charge in [-0.25, -0.2) is 0 Å². The molecule has 0 spiro atoms. The highest BCUT2D eigenvalue weighted by Crippen LogP contribution is 2.32. The van der Waals surface area contributed by atoms with Gasteiger partial charge in [0, 0.05) is 12.1 Å². The van der Waals surface area contributed by atoms with Crippen molar-refractivity contribution in [3.8, 4) is 0 Å². The predicted octanol–water partition coefficient (Wildman–Crippen LogP) is 2.64. The van der Waals surface area contributed by atoms with E-state index in [2.05, 4.69) is 49.1 Å². The predicted molar refractivity (Wildman–Crippen MR) is 72.7 cm³/mol. The summed E-state index contributed by atoms with van der Waals surface area (Å²) in [6.45, 7) is 7.76. The molecular formula is C15H24N2. The molecule has 1 aromatic rings. The van der Waals surface area contributed by atoms with Gasteiger partial charge in [-0.2, -0.15) is 0 Å². The summed E-state index contributed by atoms with van der Waals surface area (Å²) in [4.78, 5) is 2.59. The molecule has 1 fully saturated rings. The first kappa shape index (κ1) is 12.6. The number of hydrogen-bond acceptors (Lipinski definition) is 2. The van der Waals surface area contributed by atoms with Gasteiger partial charge in [0.05, 0.1) is 0 Å². The number of likely N-dealkylation sites (tertiary alicyclic amines) is 1. The summed E-state index contributed by atoms with van der Waals surface area (Å²) in [5.41, 5.74) is 7.49. The summed E-state index contributed by atoms with van der Waals surface area (Å²) in [5, 5.41) is 0. The Morgan fingerprint density at radius 2 is 2.00 bits per heavy atom. The molecule has 1 aromatic carbocycles. The van der Waals surface area contributed by atoms with Crippen LogP contribution >= 0.6 is 0 Å². The Hall–Kier alpha value is -0.860. The van der Waals surface area contributed by atoms with Crippen LogP contribution in [-0.2, 0) is 6.54 Å². The first-order valence-corrected chi connectivity index (χ1v) is 6.61. The Kier molecular flexibility index (Phi) is 3.85. The van der Waals surface area contributed by atoms with Gasteiger partial charge in [-0.05, 0) is 51.3 Å². The van der Waals surface area contributed by atoms with Crippen LogP contribution in [0.4, 0.5) is 0 Å². The molecule has 0 aliphatic carbocycles. The van der Waals surface area contributed by atoms with E-state index in [-0.39, 0.29) is 5.54 Å². The molecule has 0 radical (unpaired) electrons. The van der Waals surface area contributed by atoms with E-state index in [4.69, 9.17) is 5.73 Å². The molecule has 2 rings (SSSR count). The van der Waals surface area contributed by atoms with Crippen LogP contribution in [0.15, 0.2) is 30.3 Å². The zero-order valence-corrected chi connectivity index (χ0v) is 11.0. The monoisotopic (exact) mass is 232 g/mol. The maximum absolute atomic E-state index is 5.80. The standard InChI is InChI=1S/C15H24N2/c1-15(2)10-14(11-16)8-9-17(15)12-13-6-4-3-5-7-13/h3-7,14H,8-12,16H2,1-2H3. The van der Waals surface area contributed by atoms with Crippen molar-refractivity contribution in [2.75, 3.05) is 13.1 Å². The number of hydrogen-bond donors (Lipinski definition) is 1. The van der Waals surface area contributed by atoms with E-state index < -0.39 is 0 Å². The van der Waals surface area contributed by atoms with Crippen molar-refractivity contribution in [2.45, 2.75) is 38.8 Å². The summed E-state index contributed by atoms with van der Waals surface area (Å²) >= 11 is 0. The highest BCUT2D eigenvalue weighted by molar-refractivity contribution is 5.15. The quantitative estimate of drug-likeness (QED) is 0.868. The summed E-state index contributed by atoms with van der Waals surface area (Å²) in [6.07, 6.45) is 2.46. The summed E-state index contributed by atoms with van der Waals surface area (Å²) in [5.74, 6) is 0.706. The zero-order valence-electron chi connectivity index (χ0n) is 11.0. The lowest BCUT2D eigenvalue weighted by atomic mass is 9.82. The number of piperidine rings is 1. The van der Waals surface area contributed by atoms with Crippen molar-refractivity contribution >= 4 is 0 Å². The third kappa shape index (κ3) is 3.08. The van der Waals surface area contributed by atoms with Crippen LogP contribution < -0.4 is 5.73 Å². The molecule has 2 nitrogen and oxygen atoms in total. The molecular weight excluding hydrogens is 208 g/mol. The SMILES string of the molecule is CC1(C)CC(CN)CCN1Cc1ccccc1. The lowest BCUT2D eigenvalue weighted by molar-refractivity contribution is 0.0418. The van der Waals surface area contributed by atoms with Gasteiger partial charge in [-0.1, -0.05) is 30.3 Å². The minimum Gasteiger partial charge on any atom is -0.330 e. The fraction of sp³-hybridized carbons (Fsp3) is 0.600. The average molecular weight is 232 g/mol. The van der Waals surface area contributed by atoms with E-state index >= 15 is 0 Å². The lowest BCUT2D eigenvalue weighted by Gasteiger charge is -2.45. The molecule has 1 unspecified atom stereocenters. The third-order valence-electron chi connectivity index (χ3n) is 4.00. The average Bonchev–Trinajstić information content (AvgIpc) is 2.33. The zero-order chi connectivity index (χ0) is 12.3. The van der Waals surface area contributed by atoms with Gasteiger partial charge in [0.2, 0.25) is 0 Å². The molecule has 1 saturated heterocycles. The number of nitrogens with two attached hydrogens (primary N) is 1. The highest BCUT2D eigenvalue weighted by atomic mass is 15.2. The van der Waals surface area contributed by atoms with Crippen molar-refractivity contribution in [3.05, 3.63) is 35.9 Å². The van der Waals surface area contributed by atoms with E-state index in [9.17, 15) is 0 Å². The van der Waals surface area contributed by atoms with Crippen molar-refractivity contribution in [3.63, 3.8) is 0 Å². The van der Waals surface area contributed by atoms with E-state index in [1.807, 2.05) is 0 Å². The van der Waals surface area contributed by atoms with E-state index in [0.29, 0.717) is 5.92 Å². The van der Waals surface area contributed by atoms with Crippen molar-refractivity contribution in [1.29, 1.82) is 0 Å². The Morgan fingerprint density at radius 1 is 1.29 bits per heavy atom. The minimum atomic E-state index is 0.276. The number of rotatable bonds is 3. The maximum Gasteiger partial charge on any atom is 0.0239 e. The summed E-state index contributed by atoms with van der Waals surface area (Å²) in [6, 6.07) is 10.7. The van der Waals surface area contributed by atoms with Crippen LogP contribution in [0.5, 0.6) is 0 Å². The van der Waals surface area contributed by atoms with Crippen LogP contribution in [0, 0.1) is 5.92 Å². The van der Waals surface area contributed by atoms with Crippen LogP contribution in [0.3, 0.4) is 0 Å².